The van der Waals surface area contributed by atoms with Crippen LogP contribution in [0.1, 0.15) is 16.8 Å². The zero-order chi connectivity index (χ0) is 17.9. The number of benzene rings is 1. The van der Waals surface area contributed by atoms with Crippen molar-refractivity contribution >= 4 is 22.6 Å². The number of aromatic nitrogens is 3. The molecule has 0 aliphatic carbocycles. The molecule has 0 saturated carbocycles. The van der Waals surface area contributed by atoms with Gasteiger partial charge in [-0.15, -0.1) is 0 Å². The van der Waals surface area contributed by atoms with Gasteiger partial charge in [-0.1, -0.05) is 6.07 Å². The molecule has 1 saturated heterocycles. The summed E-state index contributed by atoms with van der Waals surface area (Å²) < 4.78 is 19.7. The van der Waals surface area contributed by atoms with Crippen LogP contribution in [0.5, 0.6) is 0 Å². The van der Waals surface area contributed by atoms with Crippen LogP contribution in [0.3, 0.4) is 0 Å². The highest BCUT2D eigenvalue weighted by Gasteiger charge is 2.28. The molecule has 0 spiro atoms. The summed E-state index contributed by atoms with van der Waals surface area (Å²) in [6.45, 7) is 0.992. The molecule has 1 aliphatic rings. The number of carbonyl (C=O) groups is 1. The molecular weight excluding hydrogens is 337 g/mol. The van der Waals surface area contributed by atoms with Gasteiger partial charge in [0.05, 0.1) is 24.3 Å². The Kier molecular flexibility index (Phi) is 4.49. The Labute approximate surface area is 149 Å². The van der Waals surface area contributed by atoms with Crippen molar-refractivity contribution in [3.63, 3.8) is 0 Å². The van der Waals surface area contributed by atoms with E-state index in [0.717, 1.165) is 0 Å². The van der Waals surface area contributed by atoms with Crippen molar-refractivity contribution in [1.82, 2.24) is 20.3 Å². The number of amides is 1. The molecule has 0 bridgehead atoms. The number of ether oxygens (including phenoxy) is 1. The fourth-order valence-electron chi connectivity index (χ4n) is 3.18. The lowest BCUT2D eigenvalue weighted by Crippen LogP contribution is -2.52. The zero-order valence-corrected chi connectivity index (χ0v) is 13.9. The van der Waals surface area contributed by atoms with E-state index < -0.39 is 5.82 Å². The van der Waals surface area contributed by atoms with Crippen LogP contribution < -0.4 is 10.6 Å². The van der Waals surface area contributed by atoms with E-state index in [0.29, 0.717) is 41.9 Å². The van der Waals surface area contributed by atoms with Crippen molar-refractivity contribution < 1.29 is 13.9 Å². The molecule has 3 heterocycles. The van der Waals surface area contributed by atoms with E-state index in [2.05, 4.69) is 25.6 Å². The van der Waals surface area contributed by atoms with Crippen LogP contribution in [0.25, 0.3) is 10.9 Å². The molecule has 3 aromatic rings. The maximum absolute atomic E-state index is 14.1. The van der Waals surface area contributed by atoms with Gasteiger partial charge in [0.2, 0.25) is 0 Å². The van der Waals surface area contributed by atoms with E-state index in [4.69, 9.17) is 4.74 Å². The topological polar surface area (TPSA) is 91.9 Å². The molecule has 134 valence electrons. The minimum Gasteiger partial charge on any atom is -0.379 e. The number of rotatable bonds is 4. The van der Waals surface area contributed by atoms with Crippen LogP contribution in [0, 0.1) is 5.82 Å². The number of hydrogen-bond donors (Lipinski definition) is 3. The maximum atomic E-state index is 14.1. The van der Waals surface area contributed by atoms with Crippen LogP contribution in [-0.2, 0) is 4.74 Å². The van der Waals surface area contributed by atoms with Gasteiger partial charge in [-0.05, 0) is 24.6 Å². The van der Waals surface area contributed by atoms with Crippen molar-refractivity contribution in [2.75, 3.05) is 18.5 Å². The van der Waals surface area contributed by atoms with E-state index in [1.165, 1.54) is 18.6 Å². The first-order chi connectivity index (χ1) is 12.7. The van der Waals surface area contributed by atoms with Crippen LogP contribution in [0.15, 0.2) is 43.0 Å². The lowest BCUT2D eigenvalue weighted by molar-refractivity contribution is 0.0620. The highest BCUT2D eigenvalue weighted by atomic mass is 19.1. The van der Waals surface area contributed by atoms with Gasteiger partial charge in [-0.3, -0.25) is 4.79 Å². The van der Waals surface area contributed by atoms with Crippen molar-refractivity contribution in [3.8, 4) is 0 Å². The Balaban J connectivity index is 1.53. The third-order valence-electron chi connectivity index (χ3n) is 4.49. The Morgan fingerprint density at radius 2 is 2.23 bits per heavy atom. The molecule has 1 aromatic carbocycles. The quantitative estimate of drug-likeness (QED) is 0.667. The summed E-state index contributed by atoms with van der Waals surface area (Å²) in [6, 6.07) is 6.14. The molecule has 4 rings (SSSR count). The van der Waals surface area contributed by atoms with E-state index in [1.54, 1.807) is 24.4 Å². The first-order valence-corrected chi connectivity index (χ1v) is 8.39. The normalized spacial score (nSPS) is 20.0. The predicted molar refractivity (Wildman–Crippen MR) is 94.4 cm³/mol. The van der Waals surface area contributed by atoms with Gasteiger partial charge in [0.15, 0.2) is 0 Å². The molecule has 1 fully saturated rings. The number of nitrogens with one attached hydrogen (secondary N) is 3. The summed E-state index contributed by atoms with van der Waals surface area (Å²) in [5.41, 5.74) is 0.892. The van der Waals surface area contributed by atoms with Gasteiger partial charge in [-0.25, -0.2) is 14.4 Å². The Bertz CT molecular complexity index is 914. The Hall–Kier alpha value is -3.00. The number of hydrogen-bond acceptors (Lipinski definition) is 5. The van der Waals surface area contributed by atoms with E-state index >= 15 is 0 Å². The molecule has 3 N–H and O–H groups in total. The van der Waals surface area contributed by atoms with Gasteiger partial charge in [-0.2, -0.15) is 0 Å². The fraction of sp³-hybridized carbons (Fsp3) is 0.278. The predicted octanol–water partition coefficient (Wildman–Crippen LogP) is 2.10. The lowest BCUT2D eigenvalue weighted by atomic mass is 10.0. The average Bonchev–Trinajstić information content (AvgIpc) is 3.10. The van der Waals surface area contributed by atoms with Crippen molar-refractivity contribution in [2.45, 2.75) is 18.5 Å². The largest absolute Gasteiger partial charge is 0.379 e. The molecule has 0 unspecified atom stereocenters. The van der Waals surface area contributed by atoms with Crippen molar-refractivity contribution in [2.24, 2.45) is 0 Å². The average molecular weight is 355 g/mol. The molecular formula is C18H18FN5O2. The number of fused-ring (bicyclic) bond motifs is 1. The van der Waals surface area contributed by atoms with Crippen molar-refractivity contribution in [3.05, 3.63) is 54.4 Å². The molecule has 8 heteroatoms. The highest BCUT2D eigenvalue weighted by molar-refractivity contribution is 6.07. The second kappa shape index (κ2) is 7.09. The van der Waals surface area contributed by atoms with E-state index in [-0.39, 0.29) is 18.0 Å². The molecule has 1 aliphatic heterocycles. The number of carbonyl (C=O) groups excluding carboxylic acids is 1. The Morgan fingerprint density at radius 1 is 1.31 bits per heavy atom. The summed E-state index contributed by atoms with van der Waals surface area (Å²) in [7, 11) is 0. The number of halogens is 1. The van der Waals surface area contributed by atoms with Crippen LogP contribution >= 0.6 is 0 Å². The maximum Gasteiger partial charge on any atom is 0.253 e. The number of H-pyrrole nitrogens is 1. The monoisotopic (exact) mass is 355 g/mol. The summed E-state index contributed by atoms with van der Waals surface area (Å²) in [5, 5.41) is 6.56. The fourth-order valence-corrected chi connectivity index (χ4v) is 3.18. The molecule has 26 heavy (non-hydrogen) atoms. The Morgan fingerprint density at radius 3 is 3.08 bits per heavy atom. The van der Waals surface area contributed by atoms with Crippen LogP contribution in [-0.4, -0.2) is 46.2 Å². The van der Waals surface area contributed by atoms with Gasteiger partial charge in [0, 0.05) is 29.9 Å². The van der Waals surface area contributed by atoms with E-state index in [1.807, 2.05) is 0 Å². The summed E-state index contributed by atoms with van der Waals surface area (Å²) in [4.78, 5) is 23.7. The van der Waals surface area contributed by atoms with Gasteiger partial charge in [0.1, 0.15) is 18.0 Å². The van der Waals surface area contributed by atoms with Gasteiger partial charge >= 0.3 is 0 Å². The third kappa shape index (κ3) is 3.23. The van der Waals surface area contributed by atoms with Gasteiger partial charge < -0.3 is 20.4 Å². The highest BCUT2D eigenvalue weighted by Crippen LogP contribution is 2.22. The molecule has 2 atom stereocenters. The first kappa shape index (κ1) is 16.5. The second-order valence-electron chi connectivity index (χ2n) is 6.15. The minimum absolute atomic E-state index is 0.141. The standard InChI is InChI=1S/C18H18FN5O2/c19-12-2-1-3-14-17(12)11(8-21-14)18(25)24-13-5-7-26-9-15(13)23-16-4-6-20-10-22-16/h1-4,6,8,10,13,15,21H,5,7,9H2,(H,24,25)(H,20,22,23)/t13-,15+/m0/s1. The van der Waals surface area contributed by atoms with Crippen LogP contribution in [0.2, 0.25) is 0 Å². The summed E-state index contributed by atoms with van der Waals surface area (Å²) in [6.07, 6.45) is 5.28. The molecule has 2 aromatic heterocycles. The molecule has 1 amide bonds. The van der Waals surface area contributed by atoms with Crippen LogP contribution in [0.4, 0.5) is 10.2 Å². The number of anilines is 1. The smallest absolute Gasteiger partial charge is 0.253 e. The zero-order valence-electron chi connectivity index (χ0n) is 13.9. The van der Waals surface area contributed by atoms with Gasteiger partial charge in [0.25, 0.3) is 5.91 Å². The minimum atomic E-state index is -0.420. The van der Waals surface area contributed by atoms with Crippen molar-refractivity contribution in [1.29, 1.82) is 0 Å². The SMILES string of the molecule is O=C(N[C@H]1CCOC[C@H]1Nc1ccncn1)c1c[nH]c2cccc(F)c12. The number of aromatic amines is 1. The number of nitrogens with zero attached hydrogens (tertiary/aromatic N) is 2. The van der Waals surface area contributed by atoms with E-state index in [9.17, 15) is 9.18 Å². The first-order valence-electron chi connectivity index (χ1n) is 8.39. The third-order valence-corrected chi connectivity index (χ3v) is 4.49. The molecule has 7 nitrogen and oxygen atoms in total. The lowest BCUT2D eigenvalue weighted by Gasteiger charge is -2.33. The second-order valence-corrected chi connectivity index (χ2v) is 6.15. The summed E-state index contributed by atoms with van der Waals surface area (Å²) in [5.74, 6) is -0.0767. The molecule has 0 radical (unpaired) electrons. The summed E-state index contributed by atoms with van der Waals surface area (Å²) >= 11 is 0.